The predicted octanol–water partition coefficient (Wildman–Crippen LogP) is 22.2. The Balaban J connectivity index is 1.03. The summed E-state index contributed by atoms with van der Waals surface area (Å²) in [6.45, 7) is 8.76. The molecule has 18 rings (SSSR count). The summed E-state index contributed by atoms with van der Waals surface area (Å²) in [5, 5.41) is 11.5. The van der Waals surface area contributed by atoms with Crippen molar-refractivity contribution in [1.29, 1.82) is 0 Å². The zero-order valence-electron chi connectivity index (χ0n) is 48.2. The second kappa shape index (κ2) is 18.2. The van der Waals surface area contributed by atoms with Gasteiger partial charge < -0.3 is 23.2 Å². The van der Waals surface area contributed by atoms with Crippen LogP contribution in [-0.4, -0.2) is 4.57 Å². The lowest BCUT2D eigenvalue weighted by Crippen LogP contribution is -2.34. The molecule has 0 bridgehead atoms. The van der Waals surface area contributed by atoms with Crippen LogP contribution in [0, 0.1) is 13.8 Å². The van der Waals surface area contributed by atoms with Crippen molar-refractivity contribution in [3.63, 3.8) is 0 Å². The summed E-state index contributed by atoms with van der Waals surface area (Å²) in [5.41, 5.74) is 24.7. The number of nitrogens with zero attached hydrogens (tertiary/aromatic N) is 3. The van der Waals surface area contributed by atoms with Crippen LogP contribution in [0.3, 0.4) is 0 Å². The summed E-state index contributed by atoms with van der Waals surface area (Å²) in [7, 11) is 0. The number of hydrogen-bond donors (Lipinski definition) is 0. The lowest BCUT2D eigenvalue weighted by molar-refractivity contribution is 0.665. The molecule has 4 heterocycles. The topological polar surface area (TPSA) is 37.7 Å². The lowest BCUT2D eigenvalue weighted by Gasteiger charge is -2.40. The second-order valence-electron chi connectivity index (χ2n) is 23.7. The van der Waals surface area contributed by atoms with E-state index in [2.05, 4.69) is 291 Å². The monoisotopic (exact) mass is 1100 g/mol. The molecule has 1 spiro atoms. The van der Waals surface area contributed by atoms with Crippen LogP contribution in [0.2, 0.25) is 0 Å². The molecule has 408 valence electrons. The fourth-order valence-electron chi connectivity index (χ4n) is 15.5. The van der Waals surface area contributed by atoms with Gasteiger partial charge in [-0.25, -0.2) is 0 Å². The highest BCUT2D eigenvalue weighted by molar-refractivity contribution is 6.22. The molecule has 0 N–H and O–H groups in total. The molecular weight excluding hydrogens is 1050 g/mol. The highest BCUT2D eigenvalue weighted by Crippen LogP contribution is 2.66. The number of rotatable bonds is 8. The van der Waals surface area contributed by atoms with E-state index in [0.29, 0.717) is 0 Å². The lowest BCUT2D eigenvalue weighted by atomic mass is 9.65. The maximum atomic E-state index is 7.16. The molecular formula is C81H57N3O2. The number of furan rings is 2. The van der Waals surface area contributed by atoms with Gasteiger partial charge in [-0.3, -0.25) is 0 Å². The summed E-state index contributed by atoms with van der Waals surface area (Å²) in [6.07, 6.45) is 1.88. The summed E-state index contributed by atoms with van der Waals surface area (Å²) >= 11 is 0. The van der Waals surface area contributed by atoms with Crippen molar-refractivity contribution in [3.05, 3.63) is 293 Å². The van der Waals surface area contributed by atoms with Gasteiger partial charge in [-0.1, -0.05) is 202 Å². The van der Waals surface area contributed by atoms with Crippen molar-refractivity contribution in [3.8, 4) is 16.8 Å². The van der Waals surface area contributed by atoms with E-state index in [9.17, 15) is 0 Å². The Labute approximate surface area is 497 Å². The summed E-state index contributed by atoms with van der Waals surface area (Å²) in [4.78, 5) is 4.98. The quantitative estimate of drug-likeness (QED) is 0.152. The van der Waals surface area contributed by atoms with Crippen LogP contribution in [-0.2, 0) is 18.3 Å². The van der Waals surface area contributed by atoms with E-state index in [1.54, 1.807) is 0 Å². The Hall–Kier alpha value is -10.6. The van der Waals surface area contributed by atoms with Gasteiger partial charge in [0.15, 0.2) is 11.2 Å². The van der Waals surface area contributed by atoms with Crippen molar-refractivity contribution < 1.29 is 8.83 Å². The normalized spacial score (nSPS) is 13.1. The van der Waals surface area contributed by atoms with Crippen LogP contribution < -0.4 is 9.80 Å². The molecule has 5 nitrogen and oxygen atoms in total. The van der Waals surface area contributed by atoms with E-state index in [-0.39, 0.29) is 0 Å². The molecule has 0 saturated carbocycles. The van der Waals surface area contributed by atoms with Gasteiger partial charge in [-0.05, 0) is 154 Å². The van der Waals surface area contributed by atoms with Crippen LogP contribution in [0.5, 0.6) is 0 Å². The standard InChI is InChI=1S/C81H57N3O2/c1-5-50-38-42-52(43-39-50)82(70-36-18-30-62-60-28-15-20-48(3)77(60)85-79(62)70)72-46-66-74(57-25-9-7-22-54(57)72)75-58-26-10-8-23-55(58)73(83(53-44-40-51(6-2)41-45-53)71-37-19-31-63-61-29-16-21-49(4)78(61)86-80(63)71)47-67(75)81(66)64-32-12-14-35-69(64)84-68-34-13-11-24-56(68)59-27-17-33-65(81)76(59)84/h7-47H,5-6H2,1-4H3. The van der Waals surface area contributed by atoms with Crippen LogP contribution in [0.15, 0.2) is 258 Å². The zero-order chi connectivity index (χ0) is 57.1. The SMILES string of the molecule is CCc1ccc(N(c2cc3c(c4ccccc24)-c2c(cc(N(c4ccc(CC)cc4)c4cccc5c4oc4c(C)cccc45)c4ccccc24)C32c3ccccc3-n3c4ccccc4c4cccc2c43)c2cccc3c2oc2c(C)cccc23)cc1. The molecule has 2 aliphatic rings. The minimum absolute atomic E-state index is 0.855. The fraction of sp³-hybridized carbons (Fsp3) is 0.0864. The maximum absolute atomic E-state index is 7.16. The molecule has 1 aliphatic carbocycles. The van der Waals surface area contributed by atoms with E-state index < -0.39 is 5.41 Å². The largest absolute Gasteiger partial charge is 0.454 e. The molecule has 0 atom stereocenters. The van der Waals surface area contributed by atoms with Gasteiger partial charge in [0.25, 0.3) is 0 Å². The zero-order valence-corrected chi connectivity index (χ0v) is 48.2. The first-order valence-corrected chi connectivity index (χ1v) is 30.3. The van der Waals surface area contributed by atoms with E-state index >= 15 is 0 Å². The van der Waals surface area contributed by atoms with Gasteiger partial charge in [-0.15, -0.1) is 0 Å². The van der Waals surface area contributed by atoms with E-state index in [1.165, 1.54) is 82.8 Å². The average molecular weight is 1100 g/mol. The maximum Gasteiger partial charge on any atom is 0.159 e. The third-order valence-electron chi connectivity index (χ3n) is 19.3. The van der Waals surface area contributed by atoms with Crippen LogP contribution >= 0.6 is 0 Å². The Morgan fingerprint density at radius 3 is 1.27 bits per heavy atom. The molecule has 0 amide bonds. The summed E-state index contributed by atoms with van der Waals surface area (Å²) in [5.74, 6) is 0. The Morgan fingerprint density at radius 2 is 0.744 bits per heavy atom. The number of fused-ring (bicyclic) bond motifs is 22. The van der Waals surface area contributed by atoms with Crippen LogP contribution in [0.1, 0.15) is 58.4 Å². The van der Waals surface area contributed by atoms with Gasteiger partial charge in [0.1, 0.15) is 11.2 Å². The van der Waals surface area contributed by atoms with Gasteiger partial charge in [-0.2, -0.15) is 0 Å². The highest BCUT2D eigenvalue weighted by atomic mass is 16.3. The van der Waals surface area contributed by atoms with Crippen molar-refractivity contribution in [2.24, 2.45) is 0 Å². The predicted molar refractivity (Wildman–Crippen MR) is 359 cm³/mol. The van der Waals surface area contributed by atoms with Gasteiger partial charge >= 0.3 is 0 Å². The van der Waals surface area contributed by atoms with E-state index in [0.717, 1.165) is 113 Å². The number of aromatic nitrogens is 1. The van der Waals surface area contributed by atoms with Crippen LogP contribution in [0.4, 0.5) is 34.1 Å². The molecule has 0 radical (unpaired) electrons. The average Bonchev–Trinajstić information content (AvgIpc) is 1.49. The third kappa shape index (κ3) is 6.49. The van der Waals surface area contributed by atoms with E-state index in [1.807, 2.05) is 0 Å². The first-order valence-electron chi connectivity index (χ1n) is 30.3. The van der Waals surface area contributed by atoms with Crippen LogP contribution in [0.25, 0.3) is 104 Å². The number of benzene rings is 13. The number of aryl methyl sites for hydroxylation is 4. The molecule has 1 aliphatic heterocycles. The number of anilines is 6. The van der Waals surface area contributed by atoms with Crippen molar-refractivity contribution >= 4 is 121 Å². The summed E-state index contributed by atoms with van der Waals surface area (Å²) in [6, 6.07) is 93.5. The molecule has 13 aromatic carbocycles. The second-order valence-corrected chi connectivity index (χ2v) is 23.7. The Morgan fingerprint density at radius 1 is 0.337 bits per heavy atom. The fourth-order valence-corrected chi connectivity index (χ4v) is 15.5. The van der Waals surface area contributed by atoms with Gasteiger partial charge in [0.2, 0.25) is 0 Å². The van der Waals surface area contributed by atoms with Gasteiger partial charge in [0.05, 0.1) is 44.9 Å². The number of hydrogen-bond acceptors (Lipinski definition) is 4. The van der Waals surface area contributed by atoms with Gasteiger partial charge in [0, 0.05) is 54.5 Å². The summed E-state index contributed by atoms with van der Waals surface area (Å²) < 4.78 is 16.9. The Kier molecular flexibility index (Phi) is 10.3. The third-order valence-corrected chi connectivity index (χ3v) is 19.3. The Bertz CT molecular complexity index is 5280. The number of para-hydroxylation sites is 7. The van der Waals surface area contributed by atoms with Crippen molar-refractivity contribution in [2.45, 2.75) is 46.0 Å². The van der Waals surface area contributed by atoms with Crippen molar-refractivity contribution in [2.75, 3.05) is 9.80 Å². The molecule has 0 saturated heterocycles. The molecule has 86 heavy (non-hydrogen) atoms. The first-order chi connectivity index (χ1) is 42.4. The molecule has 5 heteroatoms. The highest BCUT2D eigenvalue weighted by Gasteiger charge is 2.53. The molecule has 0 fully saturated rings. The molecule has 3 aromatic heterocycles. The minimum atomic E-state index is -0.872. The van der Waals surface area contributed by atoms with Crippen molar-refractivity contribution in [1.82, 2.24) is 4.57 Å². The molecule has 0 unspecified atom stereocenters. The molecule has 16 aromatic rings. The minimum Gasteiger partial charge on any atom is -0.454 e. The first kappa shape index (κ1) is 48.9. The smallest absolute Gasteiger partial charge is 0.159 e. The van der Waals surface area contributed by atoms with E-state index in [4.69, 9.17) is 8.83 Å².